The number of rotatable bonds is 4. The minimum Gasteiger partial charge on any atom is -0.477 e. The van der Waals surface area contributed by atoms with Crippen LogP contribution >= 0.6 is 11.3 Å². The Morgan fingerprint density at radius 2 is 1.91 bits per heavy atom. The Morgan fingerprint density at radius 3 is 2.61 bits per heavy atom. The summed E-state index contributed by atoms with van der Waals surface area (Å²) in [6, 6.07) is 5.55. The van der Waals surface area contributed by atoms with E-state index < -0.39 is 11.9 Å². The third-order valence-corrected chi connectivity index (χ3v) is 8.10. The Balaban J connectivity index is 1.62. The third kappa shape index (κ3) is 3.62. The van der Waals surface area contributed by atoms with Crippen molar-refractivity contribution in [3.63, 3.8) is 0 Å². The molecule has 1 aliphatic heterocycles. The first kappa shape index (κ1) is 22.0. The first-order chi connectivity index (χ1) is 15.6. The van der Waals surface area contributed by atoms with Gasteiger partial charge in [-0.2, -0.15) is 0 Å². The van der Waals surface area contributed by atoms with Crippen LogP contribution < -0.4 is 10.9 Å². The van der Waals surface area contributed by atoms with E-state index in [-0.39, 0.29) is 34.7 Å². The molecule has 0 bridgehead atoms. The summed E-state index contributed by atoms with van der Waals surface area (Å²) in [6.45, 7) is 4.37. The van der Waals surface area contributed by atoms with E-state index in [4.69, 9.17) is 0 Å². The average molecular weight is 474 g/mol. The van der Waals surface area contributed by atoms with Crippen molar-refractivity contribution >= 4 is 33.9 Å². The minimum absolute atomic E-state index is 0.0891. The van der Waals surface area contributed by atoms with Crippen LogP contribution in [0, 0.1) is 6.92 Å². The second-order valence-corrected chi connectivity index (χ2v) is 10.2. The topological polar surface area (TPSA) is 84.2 Å². The molecule has 0 saturated heterocycles. The summed E-state index contributed by atoms with van der Waals surface area (Å²) in [5.74, 6) is -3.39. The number of nitrogens with one attached hydrogen (secondary N) is 1. The lowest BCUT2D eigenvalue weighted by Crippen LogP contribution is -2.36. The second-order valence-electron chi connectivity index (χ2n) is 9.39. The maximum atomic E-state index is 13.9. The Labute approximate surface area is 193 Å². The van der Waals surface area contributed by atoms with E-state index in [1.54, 1.807) is 4.57 Å². The predicted molar refractivity (Wildman–Crippen MR) is 124 cm³/mol. The van der Waals surface area contributed by atoms with Crippen LogP contribution in [0.3, 0.4) is 0 Å². The maximum Gasteiger partial charge on any atom is 0.349 e. The number of fused-ring (bicyclic) bond motifs is 3. The Morgan fingerprint density at radius 1 is 1.18 bits per heavy atom. The zero-order valence-corrected chi connectivity index (χ0v) is 19.3. The number of aromatic nitrogens is 2. The van der Waals surface area contributed by atoms with E-state index in [0.717, 1.165) is 33.5 Å². The van der Waals surface area contributed by atoms with Crippen LogP contribution in [-0.4, -0.2) is 26.5 Å². The van der Waals surface area contributed by atoms with Crippen molar-refractivity contribution in [1.82, 2.24) is 9.55 Å². The highest BCUT2D eigenvalue weighted by Crippen LogP contribution is 2.50. The molecular weight excluding hydrogens is 448 g/mol. The zero-order valence-electron chi connectivity index (χ0n) is 18.5. The van der Waals surface area contributed by atoms with Gasteiger partial charge < -0.3 is 15.0 Å². The molecule has 174 valence electrons. The number of hydrogen-bond acceptors (Lipinski definition) is 5. The van der Waals surface area contributed by atoms with Gasteiger partial charge in [-0.05, 0) is 61.8 Å². The number of thiazole rings is 1. The van der Waals surface area contributed by atoms with Gasteiger partial charge in [-0.15, -0.1) is 11.3 Å². The number of pyridine rings is 1. The van der Waals surface area contributed by atoms with Crippen molar-refractivity contribution in [3.8, 4) is 0 Å². The Hall–Kier alpha value is -2.81. The van der Waals surface area contributed by atoms with E-state index in [9.17, 15) is 23.5 Å². The lowest BCUT2D eigenvalue weighted by molar-refractivity contribution is -0.0519. The molecule has 1 spiro atoms. The van der Waals surface area contributed by atoms with Gasteiger partial charge in [-0.3, -0.25) is 4.79 Å². The molecule has 3 heterocycles. The van der Waals surface area contributed by atoms with Gasteiger partial charge in [0.15, 0.2) is 10.7 Å². The molecule has 0 radical (unpaired) electrons. The van der Waals surface area contributed by atoms with Crippen LogP contribution in [0.25, 0.3) is 10.8 Å². The molecule has 2 aromatic heterocycles. The van der Waals surface area contributed by atoms with E-state index in [2.05, 4.69) is 10.3 Å². The fourth-order valence-corrected chi connectivity index (χ4v) is 6.08. The molecule has 1 atom stereocenters. The molecule has 9 heteroatoms. The van der Waals surface area contributed by atoms with Crippen molar-refractivity contribution < 1.29 is 18.7 Å². The molecule has 0 unspecified atom stereocenters. The molecule has 1 saturated carbocycles. The van der Waals surface area contributed by atoms with Gasteiger partial charge in [0.1, 0.15) is 0 Å². The number of nitrogens with zero attached hydrogens (tertiary/aromatic N) is 2. The summed E-state index contributed by atoms with van der Waals surface area (Å²) in [5, 5.41) is 14.0. The summed E-state index contributed by atoms with van der Waals surface area (Å²) in [7, 11) is 0. The summed E-state index contributed by atoms with van der Waals surface area (Å²) in [4.78, 5) is 29.2. The number of aryl methyl sites for hydroxylation is 1. The van der Waals surface area contributed by atoms with Crippen LogP contribution in [0.2, 0.25) is 0 Å². The van der Waals surface area contributed by atoms with Crippen molar-refractivity contribution in [1.29, 1.82) is 0 Å². The van der Waals surface area contributed by atoms with Gasteiger partial charge in [0, 0.05) is 35.9 Å². The van der Waals surface area contributed by atoms with Crippen molar-refractivity contribution in [2.45, 2.75) is 69.9 Å². The first-order valence-electron chi connectivity index (χ1n) is 11.1. The van der Waals surface area contributed by atoms with E-state index in [1.807, 2.05) is 32.0 Å². The SMILES string of the molecule is Cc1cc([C@@H](C)Nc2ncsc2C(=O)O)c2cc3n(c(=O)c2c1)CCC31CCC(F)(F)CC1. The van der Waals surface area contributed by atoms with Crippen LogP contribution in [0.1, 0.15) is 71.6 Å². The lowest BCUT2D eigenvalue weighted by Gasteiger charge is -2.37. The van der Waals surface area contributed by atoms with E-state index in [1.165, 1.54) is 5.51 Å². The number of hydrogen-bond donors (Lipinski definition) is 2. The van der Waals surface area contributed by atoms with Gasteiger partial charge in [0.25, 0.3) is 5.56 Å². The standard InChI is InChI=1S/C24H25F2N3O3S/c1-13-9-15(14(2)28-20-19(22(31)32)33-12-27-20)16-11-18-23(3-5-24(25,26)6-4-23)7-8-29(18)21(30)17(16)10-13/h9-12,14,28H,3-8H2,1-2H3,(H,31,32)/t14-/m1/s1. The molecule has 5 rings (SSSR count). The summed E-state index contributed by atoms with van der Waals surface area (Å²) >= 11 is 1.05. The molecule has 1 fully saturated rings. The third-order valence-electron chi connectivity index (χ3n) is 7.28. The van der Waals surface area contributed by atoms with Crippen LogP contribution in [-0.2, 0) is 12.0 Å². The minimum atomic E-state index is -2.63. The fourth-order valence-electron chi connectivity index (χ4n) is 5.49. The number of halogens is 2. The number of carboxylic acid groups (broad SMARTS) is 1. The Bertz CT molecular complexity index is 1320. The summed E-state index contributed by atoms with van der Waals surface area (Å²) in [5.41, 5.74) is 3.64. The first-order valence-corrected chi connectivity index (χ1v) is 12.0. The molecule has 1 aliphatic carbocycles. The number of aromatic carboxylic acids is 1. The van der Waals surface area contributed by atoms with Crippen LogP contribution in [0.4, 0.5) is 14.6 Å². The van der Waals surface area contributed by atoms with Crippen molar-refractivity contribution in [2.24, 2.45) is 0 Å². The lowest BCUT2D eigenvalue weighted by atomic mass is 9.69. The van der Waals surface area contributed by atoms with Gasteiger partial charge in [0.2, 0.25) is 5.92 Å². The average Bonchev–Trinajstić information content (AvgIpc) is 3.36. The molecule has 33 heavy (non-hydrogen) atoms. The molecule has 2 N–H and O–H groups in total. The Kier molecular flexibility index (Phi) is 5.08. The smallest absolute Gasteiger partial charge is 0.349 e. The molecule has 3 aromatic rings. The quantitative estimate of drug-likeness (QED) is 0.524. The fraction of sp³-hybridized carbons (Fsp3) is 0.458. The maximum absolute atomic E-state index is 13.9. The highest BCUT2D eigenvalue weighted by atomic mass is 32.1. The number of anilines is 1. The summed E-state index contributed by atoms with van der Waals surface area (Å²) in [6.07, 6.45) is 1.15. The molecule has 6 nitrogen and oxygen atoms in total. The zero-order chi connectivity index (χ0) is 23.5. The second kappa shape index (κ2) is 7.62. The van der Waals surface area contributed by atoms with Crippen molar-refractivity contribution in [3.05, 3.63) is 55.8 Å². The number of benzene rings is 1. The van der Waals surface area contributed by atoms with Gasteiger partial charge in [-0.25, -0.2) is 18.6 Å². The largest absolute Gasteiger partial charge is 0.477 e. The van der Waals surface area contributed by atoms with Gasteiger partial charge in [-0.1, -0.05) is 6.07 Å². The predicted octanol–water partition coefficient (Wildman–Crippen LogP) is 5.49. The van der Waals surface area contributed by atoms with E-state index >= 15 is 0 Å². The van der Waals surface area contributed by atoms with Crippen LogP contribution in [0.5, 0.6) is 0 Å². The van der Waals surface area contributed by atoms with E-state index in [0.29, 0.717) is 37.0 Å². The molecule has 1 aromatic carbocycles. The van der Waals surface area contributed by atoms with Gasteiger partial charge >= 0.3 is 5.97 Å². The molecular formula is C24H25F2N3O3S. The number of carboxylic acids is 1. The summed E-state index contributed by atoms with van der Waals surface area (Å²) < 4.78 is 29.6. The van der Waals surface area contributed by atoms with Crippen molar-refractivity contribution in [2.75, 3.05) is 5.32 Å². The monoisotopic (exact) mass is 473 g/mol. The highest BCUT2D eigenvalue weighted by molar-refractivity contribution is 7.12. The van der Waals surface area contributed by atoms with Gasteiger partial charge in [0.05, 0.1) is 11.6 Å². The van der Waals surface area contributed by atoms with Crippen LogP contribution in [0.15, 0.2) is 28.5 Å². The highest BCUT2D eigenvalue weighted by Gasteiger charge is 2.48. The molecule has 0 amide bonds. The molecule has 2 aliphatic rings. The normalized spacial score (nSPS) is 19.5. The number of carbonyl (C=O) groups is 1. The number of alkyl halides is 2.